The van der Waals surface area contributed by atoms with Crippen LogP contribution >= 0.6 is 24.0 Å². The van der Waals surface area contributed by atoms with E-state index in [4.69, 9.17) is 0 Å². The highest BCUT2D eigenvalue weighted by Gasteiger charge is 2.33. The zero-order valence-electron chi connectivity index (χ0n) is 19.0. The Morgan fingerprint density at radius 3 is 2.55 bits per heavy atom. The van der Waals surface area contributed by atoms with E-state index in [1.54, 1.807) is 14.0 Å². The van der Waals surface area contributed by atoms with Crippen LogP contribution in [0.4, 0.5) is 13.2 Å². The molecule has 0 amide bonds. The zero-order chi connectivity index (χ0) is 22.1. The van der Waals surface area contributed by atoms with Crippen molar-refractivity contribution in [2.75, 3.05) is 53.4 Å². The van der Waals surface area contributed by atoms with Gasteiger partial charge in [-0.1, -0.05) is 37.3 Å². The molecule has 2 rings (SSSR count). The summed E-state index contributed by atoms with van der Waals surface area (Å²) in [6, 6.07) is 10.7. The molecule has 1 N–H and O–H groups in total. The van der Waals surface area contributed by atoms with Crippen LogP contribution in [-0.4, -0.2) is 86.2 Å². The van der Waals surface area contributed by atoms with Gasteiger partial charge in [0, 0.05) is 45.8 Å². The average molecular weight is 555 g/mol. The van der Waals surface area contributed by atoms with Crippen molar-refractivity contribution >= 4 is 29.9 Å². The molecule has 1 heterocycles. The standard InChI is InChI=1S/C22H36F3N5.HI/c1-5-29(17-22(23,24)25)15-20-11-12-30(16-20)21(26-3)27-13-18(2)28(4)14-19-9-7-6-8-10-19;/h6-10,18,20H,5,11-17H2,1-4H3,(H,26,27);1H. The summed E-state index contributed by atoms with van der Waals surface area (Å²) in [6.07, 6.45) is -3.26. The van der Waals surface area contributed by atoms with Gasteiger partial charge < -0.3 is 10.2 Å². The molecule has 0 radical (unpaired) electrons. The van der Waals surface area contributed by atoms with Crippen LogP contribution in [0.25, 0.3) is 0 Å². The van der Waals surface area contributed by atoms with Gasteiger partial charge in [0.1, 0.15) is 0 Å². The minimum absolute atomic E-state index is 0. The fourth-order valence-electron chi connectivity index (χ4n) is 3.85. The number of benzene rings is 1. The van der Waals surface area contributed by atoms with Crippen molar-refractivity contribution in [1.29, 1.82) is 0 Å². The van der Waals surface area contributed by atoms with Gasteiger partial charge in [-0.2, -0.15) is 13.2 Å². The third-order valence-corrected chi connectivity index (χ3v) is 5.75. The summed E-state index contributed by atoms with van der Waals surface area (Å²) in [5.74, 6) is 1.06. The molecule has 9 heteroatoms. The van der Waals surface area contributed by atoms with Crippen LogP contribution in [0.15, 0.2) is 35.3 Å². The molecule has 1 aliphatic heterocycles. The Balaban J connectivity index is 0.00000480. The van der Waals surface area contributed by atoms with E-state index in [1.165, 1.54) is 10.5 Å². The van der Waals surface area contributed by atoms with Gasteiger partial charge in [-0.15, -0.1) is 24.0 Å². The maximum Gasteiger partial charge on any atom is 0.401 e. The zero-order valence-corrected chi connectivity index (χ0v) is 21.4. The molecule has 31 heavy (non-hydrogen) atoms. The summed E-state index contributed by atoms with van der Waals surface area (Å²) in [7, 11) is 3.87. The van der Waals surface area contributed by atoms with Gasteiger partial charge >= 0.3 is 6.18 Å². The number of hydrogen-bond acceptors (Lipinski definition) is 3. The van der Waals surface area contributed by atoms with Crippen molar-refractivity contribution < 1.29 is 13.2 Å². The molecular formula is C22H37F3IN5. The van der Waals surface area contributed by atoms with Crippen LogP contribution in [0, 0.1) is 5.92 Å². The summed E-state index contributed by atoms with van der Waals surface area (Å²) < 4.78 is 38.2. The predicted octanol–water partition coefficient (Wildman–Crippen LogP) is 3.91. The van der Waals surface area contributed by atoms with E-state index >= 15 is 0 Å². The molecule has 5 nitrogen and oxygen atoms in total. The van der Waals surface area contributed by atoms with E-state index in [-0.39, 0.29) is 29.9 Å². The number of likely N-dealkylation sites (tertiary alicyclic amines) is 1. The molecule has 178 valence electrons. The lowest BCUT2D eigenvalue weighted by atomic mass is 10.1. The number of alkyl halides is 3. The van der Waals surface area contributed by atoms with Crippen molar-refractivity contribution in [3.05, 3.63) is 35.9 Å². The second kappa shape index (κ2) is 13.5. The smallest absolute Gasteiger partial charge is 0.355 e. The molecule has 0 spiro atoms. The van der Waals surface area contributed by atoms with Crippen molar-refractivity contribution in [1.82, 2.24) is 20.0 Å². The first-order chi connectivity index (χ1) is 14.2. The lowest BCUT2D eigenvalue weighted by molar-refractivity contribution is -0.146. The molecule has 1 aromatic carbocycles. The van der Waals surface area contributed by atoms with Crippen molar-refractivity contribution in [2.45, 2.75) is 39.0 Å². The highest BCUT2D eigenvalue weighted by molar-refractivity contribution is 14.0. The van der Waals surface area contributed by atoms with Gasteiger partial charge in [0.15, 0.2) is 5.96 Å². The number of likely N-dealkylation sites (N-methyl/N-ethyl adjacent to an activating group) is 1. The minimum Gasteiger partial charge on any atom is -0.355 e. The summed E-state index contributed by atoms with van der Waals surface area (Å²) >= 11 is 0. The fraction of sp³-hybridized carbons (Fsp3) is 0.682. The van der Waals surface area contributed by atoms with E-state index in [0.717, 1.165) is 38.6 Å². The largest absolute Gasteiger partial charge is 0.401 e. The Hall–Kier alpha value is -1.07. The van der Waals surface area contributed by atoms with Crippen LogP contribution in [0.2, 0.25) is 0 Å². The molecule has 0 aromatic heterocycles. The molecule has 0 bridgehead atoms. The maximum atomic E-state index is 12.7. The van der Waals surface area contributed by atoms with Crippen LogP contribution in [-0.2, 0) is 6.54 Å². The lowest BCUT2D eigenvalue weighted by Gasteiger charge is -2.28. The third kappa shape index (κ3) is 9.95. The van der Waals surface area contributed by atoms with Crippen molar-refractivity contribution in [3.8, 4) is 0 Å². The Bertz CT molecular complexity index is 656. The molecule has 0 saturated carbocycles. The van der Waals surface area contributed by atoms with E-state index in [0.29, 0.717) is 19.1 Å². The summed E-state index contributed by atoms with van der Waals surface area (Å²) in [5.41, 5.74) is 1.28. The second-order valence-corrected chi connectivity index (χ2v) is 8.22. The van der Waals surface area contributed by atoms with Crippen LogP contribution in [0.1, 0.15) is 25.8 Å². The number of nitrogens with zero attached hydrogens (tertiary/aromatic N) is 4. The number of nitrogens with one attached hydrogen (secondary N) is 1. The lowest BCUT2D eigenvalue weighted by Crippen LogP contribution is -2.46. The first kappa shape index (κ1) is 28.0. The third-order valence-electron chi connectivity index (χ3n) is 5.75. The topological polar surface area (TPSA) is 34.1 Å². The van der Waals surface area contributed by atoms with Gasteiger partial charge in [-0.05, 0) is 38.4 Å². The number of halogens is 4. The monoisotopic (exact) mass is 555 g/mol. The molecule has 1 aliphatic rings. The molecular weight excluding hydrogens is 518 g/mol. The van der Waals surface area contributed by atoms with Crippen molar-refractivity contribution in [2.24, 2.45) is 10.9 Å². The fourth-order valence-corrected chi connectivity index (χ4v) is 3.85. The van der Waals surface area contributed by atoms with Crippen molar-refractivity contribution in [3.63, 3.8) is 0 Å². The molecule has 0 aliphatic carbocycles. The van der Waals surface area contributed by atoms with Crippen LogP contribution < -0.4 is 5.32 Å². The summed E-state index contributed by atoms with van der Waals surface area (Å²) in [5, 5.41) is 3.44. The Morgan fingerprint density at radius 1 is 1.29 bits per heavy atom. The average Bonchev–Trinajstić information content (AvgIpc) is 3.15. The summed E-state index contributed by atoms with van der Waals surface area (Å²) in [6.45, 7) is 7.20. The quantitative estimate of drug-likeness (QED) is 0.285. The highest BCUT2D eigenvalue weighted by atomic mass is 127. The SMILES string of the molecule is CCN(CC1CCN(C(=NC)NCC(C)N(C)Cc2ccccc2)C1)CC(F)(F)F.I. The molecule has 1 aromatic rings. The second-order valence-electron chi connectivity index (χ2n) is 8.22. The molecule has 2 unspecified atom stereocenters. The number of aliphatic imine (C=N–C) groups is 1. The van der Waals surface area contributed by atoms with E-state index < -0.39 is 12.7 Å². The van der Waals surface area contributed by atoms with Crippen LogP contribution in [0.3, 0.4) is 0 Å². The summed E-state index contributed by atoms with van der Waals surface area (Å²) in [4.78, 5) is 10.3. The first-order valence-electron chi connectivity index (χ1n) is 10.7. The minimum atomic E-state index is -4.15. The Labute approximate surface area is 202 Å². The normalized spacial score (nSPS) is 18.4. The Morgan fingerprint density at radius 2 is 1.97 bits per heavy atom. The number of guanidine groups is 1. The van der Waals surface area contributed by atoms with Gasteiger partial charge in [0.2, 0.25) is 0 Å². The van der Waals surface area contributed by atoms with Crippen LogP contribution in [0.5, 0.6) is 0 Å². The van der Waals surface area contributed by atoms with E-state index in [2.05, 4.69) is 46.2 Å². The molecule has 1 saturated heterocycles. The number of rotatable bonds is 9. The number of hydrogen-bond donors (Lipinski definition) is 1. The predicted molar refractivity (Wildman–Crippen MR) is 132 cm³/mol. The van der Waals surface area contributed by atoms with Gasteiger partial charge in [0.25, 0.3) is 0 Å². The van der Waals surface area contributed by atoms with Gasteiger partial charge in [0.05, 0.1) is 6.54 Å². The Kier molecular flexibility index (Phi) is 12.2. The highest BCUT2D eigenvalue weighted by Crippen LogP contribution is 2.21. The van der Waals surface area contributed by atoms with E-state index in [9.17, 15) is 13.2 Å². The van der Waals surface area contributed by atoms with E-state index in [1.807, 2.05) is 18.2 Å². The molecule has 1 fully saturated rings. The van der Waals surface area contributed by atoms with Gasteiger partial charge in [-0.3, -0.25) is 14.8 Å². The first-order valence-corrected chi connectivity index (χ1v) is 10.7. The van der Waals surface area contributed by atoms with Gasteiger partial charge in [-0.25, -0.2) is 0 Å². The maximum absolute atomic E-state index is 12.7. The molecule has 2 atom stereocenters.